The van der Waals surface area contributed by atoms with Gasteiger partial charge in [-0.2, -0.15) is 4.98 Å². The first-order chi connectivity index (χ1) is 12.5. The van der Waals surface area contributed by atoms with Crippen LogP contribution < -0.4 is 4.90 Å². The summed E-state index contributed by atoms with van der Waals surface area (Å²) in [6.45, 7) is 5.69. The maximum atomic E-state index is 13.2. The fourth-order valence-corrected chi connectivity index (χ4v) is 3.51. The number of thiazole rings is 1. The fourth-order valence-electron chi connectivity index (χ4n) is 2.69. The number of hydrogen-bond donors (Lipinski definition) is 0. The van der Waals surface area contributed by atoms with Gasteiger partial charge in [0.15, 0.2) is 5.13 Å². The molecule has 0 fully saturated rings. The summed E-state index contributed by atoms with van der Waals surface area (Å²) in [4.78, 5) is 27.9. The van der Waals surface area contributed by atoms with Gasteiger partial charge >= 0.3 is 5.91 Å². The summed E-state index contributed by atoms with van der Waals surface area (Å²) >= 11 is 1.40. The van der Waals surface area contributed by atoms with Gasteiger partial charge in [0.2, 0.25) is 5.82 Å². The lowest BCUT2D eigenvalue weighted by atomic mass is 10.3. The van der Waals surface area contributed by atoms with Crippen molar-refractivity contribution < 1.29 is 4.79 Å². The molecule has 0 spiro atoms. The third-order valence-electron chi connectivity index (χ3n) is 3.83. The second kappa shape index (κ2) is 6.30. The van der Waals surface area contributed by atoms with Crippen molar-refractivity contribution in [3.8, 4) is 0 Å². The van der Waals surface area contributed by atoms with Gasteiger partial charge in [0.1, 0.15) is 0 Å². The van der Waals surface area contributed by atoms with E-state index in [1.807, 2.05) is 62.5 Å². The van der Waals surface area contributed by atoms with E-state index in [1.54, 1.807) is 4.52 Å². The van der Waals surface area contributed by atoms with Crippen molar-refractivity contribution in [3.05, 3.63) is 64.7 Å². The lowest BCUT2D eigenvalue weighted by Crippen LogP contribution is -2.27. The third-order valence-corrected chi connectivity index (χ3v) is 4.77. The van der Waals surface area contributed by atoms with Crippen molar-refractivity contribution in [2.45, 2.75) is 20.8 Å². The second-order valence-electron chi connectivity index (χ2n) is 5.93. The normalized spacial score (nSPS) is 11.0. The van der Waals surface area contributed by atoms with Crippen LogP contribution in [0.15, 0.2) is 41.8 Å². The first-order valence-electron chi connectivity index (χ1n) is 8.05. The maximum Gasteiger partial charge on any atom is 0.304 e. The van der Waals surface area contributed by atoms with Crippen LogP contribution in [-0.2, 0) is 0 Å². The summed E-state index contributed by atoms with van der Waals surface area (Å²) in [5.74, 6) is 0.158. The number of amides is 1. The molecule has 130 valence electrons. The van der Waals surface area contributed by atoms with Crippen molar-refractivity contribution in [3.63, 3.8) is 0 Å². The average molecular weight is 364 g/mol. The van der Waals surface area contributed by atoms with E-state index >= 15 is 0 Å². The van der Waals surface area contributed by atoms with Crippen molar-refractivity contribution in [2.24, 2.45) is 0 Å². The summed E-state index contributed by atoms with van der Waals surface area (Å²) in [6.07, 6.45) is 0. The quantitative estimate of drug-likeness (QED) is 0.556. The Kier molecular flexibility index (Phi) is 3.96. The van der Waals surface area contributed by atoms with Crippen molar-refractivity contribution in [2.75, 3.05) is 4.90 Å². The van der Waals surface area contributed by atoms with Crippen molar-refractivity contribution in [1.29, 1.82) is 0 Å². The smallest absolute Gasteiger partial charge is 0.264 e. The Morgan fingerprint density at radius 3 is 2.50 bits per heavy atom. The molecule has 0 aliphatic carbocycles. The number of rotatable bonds is 3. The molecule has 0 aliphatic heterocycles. The van der Waals surface area contributed by atoms with E-state index in [2.05, 4.69) is 20.1 Å². The number of carbonyl (C=O) groups excluding carboxylic acids is 1. The van der Waals surface area contributed by atoms with E-state index in [4.69, 9.17) is 0 Å². The molecule has 0 radical (unpaired) electrons. The summed E-state index contributed by atoms with van der Waals surface area (Å²) in [5.41, 5.74) is 3.27. The Hall–Kier alpha value is -3.13. The highest BCUT2D eigenvalue weighted by molar-refractivity contribution is 7.14. The molecular weight excluding hydrogens is 348 g/mol. The first kappa shape index (κ1) is 16.3. The molecule has 1 aromatic carbocycles. The maximum absolute atomic E-state index is 13.2. The molecule has 4 rings (SSSR count). The molecule has 8 heteroatoms. The standard InChI is InChI=1S/C18H16N6OS/c1-11-9-13(3)24-17(19-11)21-15(22-24)16(25)23(14-7-5-4-6-8-14)18-20-12(2)10-26-18/h4-10H,1-3H3. The number of aryl methyl sites for hydroxylation is 3. The predicted molar refractivity (Wildman–Crippen MR) is 100 cm³/mol. The summed E-state index contributed by atoms with van der Waals surface area (Å²) in [6, 6.07) is 11.3. The molecule has 3 aromatic heterocycles. The molecule has 3 heterocycles. The Morgan fingerprint density at radius 1 is 1.04 bits per heavy atom. The minimum atomic E-state index is -0.340. The van der Waals surface area contributed by atoms with Crippen LogP contribution in [0.1, 0.15) is 27.7 Å². The van der Waals surface area contributed by atoms with E-state index in [-0.39, 0.29) is 11.7 Å². The van der Waals surface area contributed by atoms with Crippen molar-refractivity contribution in [1.82, 2.24) is 24.6 Å². The number of benzene rings is 1. The highest BCUT2D eigenvalue weighted by Crippen LogP contribution is 2.29. The minimum absolute atomic E-state index is 0.0860. The van der Waals surface area contributed by atoms with E-state index < -0.39 is 0 Å². The zero-order valence-electron chi connectivity index (χ0n) is 14.5. The van der Waals surface area contributed by atoms with Gasteiger partial charge in [0, 0.05) is 16.8 Å². The minimum Gasteiger partial charge on any atom is -0.264 e. The van der Waals surface area contributed by atoms with Crippen LogP contribution in [0.2, 0.25) is 0 Å². The molecule has 0 N–H and O–H groups in total. The molecule has 0 saturated carbocycles. The van der Waals surface area contributed by atoms with Crippen molar-refractivity contribution >= 4 is 33.8 Å². The molecule has 26 heavy (non-hydrogen) atoms. The van der Waals surface area contributed by atoms with Gasteiger partial charge in [-0.1, -0.05) is 18.2 Å². The number of aromatic nitrogens is 5. The van der Waals surface area contributed by atoms with Crippen LogP contribution in [0.25, 0.3) is 5.78 Å². The van der Waals surface area contributed by atoms with Crippen LogP contribution in [0, 0.1) is 20.8 Å². The zero-order valence-corrected chi connectivity index (χ0v) is 15.4. The SMILES string of the molecule is Cc1csc(N(C(=O)c2nc3nc(C)cc(C)n3n2)c2ccccc2)n1. The van der Waals surface area contributed by atoms with Crippen LogP contribution in [0.5, 0.6) is 0 Å². The van der Waals surface area contributed by atoms with Gasteiger partial charge in [0.05, 0.1) is 11.4 Å². The van der Waals surface area contributed by atoms with E-state index in [1.165, 1.54) is 16.2 Å². The lowest BCUT2D eigenvalue weighted by molar-refractivity contribution is 0.0989. The van der Waals surface area contributed by atoms with Crippen LogP contribution in [-0.4, -0.2) is 30.5 Å². The number of para-hydroxylation sites is 1. The number of nitrogens with zero attached hydrogens (tertiary/aromatic N) is 6. The van der Waals surface area contributed by atoms with Gasteiger partial charge in [-0.15, -0.1) is 16.4 Å². The summed E-state index contributed by atoms with van der Waals surface area (Å²) in [7, 11) is 0. The molecule has 0 atom stereocenters. The Balaban J connectivity index is 1.83. The molecule has 0 bridgehead atoms. The summed E-state index contributed by atoms with van der Waals surface area (Å²) < 4.78 is 1.58. The van der Waals surface area contributed by atoms with Gasteiger partial charge in [-0.25, -0.2) is 19.4 Å². The van der Waals surface area contributed by atoms with Crippen LogP contribution in [0.3, 0.4) is 0 Å². The molecule has 1 amide bonds. The molecular formula is C18H16N6OS. The molecule has 0 aliphatic rings. The molecule has 0 saturated heterocycles. The Morgan fingerprint density at radius 2 is 1.81 bits per heavy atom. The summed E-state index contributed by atoms with van der Waals surface area (Å²) in [5, 5.41) is 6.85. The largest absolute Gasteiger partial charge is 0.304 e. The monoisotopic (exact) mass is 364 g/mol. The number of carbonyl (C=O) groups is 1. The van der Waals surface area contributed by atoms with Gasteiger partial charge in [0.25, 0.3) is 5.78 Å². The highest BCUT2D eigenvalue weighted by Gasteiger charge is 2.26. The first-order valence-corrected chi connectivity index (χ1v) is 8.93. The highest BCUT2D eigenvalue weighted by atomic mass is 32.1. The average Bonchev–Trinajstić information content (AvgIpc) is 3.22. The van der Waals surface area contributed by atoms with Gasteiger partial charge in [-0.3, -0.25) is 4.79 Å². The molecule has 0 unspecified atom stereocenters. The van der Waals surface area contributed by atoms with E-state index in [0.717, 1.165) is 17.1 Å². The van der Waals surface area contributed by atoms with Crippen LogP contribution >= 0.6 is 11.3 Å². The zero-order chi connectivity index (χ0) is 18.3. The number of hydrogen-bond acceptors (Lipinski definition) is 6. The molecule has 7 nitrogen and oxygen atoms in total. The topological polar surface area (TPSA) is 76.3 Å². The fraction of sp³-hybridized carbons (Fsp3) is 0.167. The predicted octanol–water partition coefficient (Wildman–Crippen LogP) is 3.48. The van der Waals surface area contributed by atoms with Gasteiger partial charge in [-0.05, 0) is 39.0 Å². The van der Waals surface area contributed by atoms with E-state index in [9.17, 15) is 4.79 Å². The Bertz CT molecular complexity index is 1100. The number of fused-ring (bicyclic) bond motifs is 1. The molecule has 4 aromatic rings. The third kappa shape index (κ3) is 2.84. The van der Waals surface area contributed by atoms with E-state index in [0.29, 0.717) is 16.6 Å². The Labute approximate surface area is 154 Å². The number of anilines is 2. The second-order valence-corrected chi connectivity index (χ2v) is 6.77. The lowest BCUT2D eigenvalue weighted by Gasteiger charge is -2.18. The van der Waals surface area contributed by atoms with Crippen LogP contribution in [0.4, 0.5) is 10.8 Å². The van der Waals surface area contributed by atoms with Gasteiger partial charge < -0.3 is 0 Å².